The molecule has 0 saturated carbocycles. The molecule has 0 N–H and O–H groups in total. The second-order valence-corrected chi connectivity index (χ2v) is 4.91. The van der Waals surface area contributed by atoms with Crippen LogP contribution in [0.1, 0.15) is 13.3 Å². The molecule has 0 bridgehead atoms. The molecule has 4 nitrogen and oxygen atoms in total. The zero-order valence-electron chi connectivity index (χ0n) is 9.67. The van der Waals surface area contributed by atoms with Crippen molar-refractivity contribution in [2.24, 2.45) is 5.41 Å². The van der Waals surface area contributed by atoms with Crippen molar-refractivity contribution in [1.29, 1.82) is 0 Å². The average molecular weight is 222 g/mol. The summed E-state index contributed by atoms with van der Waals surface area (Å²) in [5, 5.41) is 0. The Balaban J connectivity index is 0.000000364. The second-order valence-electron chi connectivity index (χ2n) is 3.42. The molecule has 0 amide bonds. The van der Waals surface area contributed by atoms with Crippen LogP contribution < -0.4 is 0 Å². The quantitative estimate of drug-likeness (QED) is 0.391. The van der Waals surface area contributed by atoms with Crippen LogP contribution in [0, 0.1) is 5.41 Å². The average Bonchev–Trinajstić information content (AvgIpc) is 2.18. The molecule has 1 heterocycles. The van der Waals surface area contributed by atoms with E-state index in [0.29, 0.717) is 5.41 Å². The van der Waals surface area contributed by atoms with Gasteiger partial charge in [-0.2, -0.15) is 0 Å². The first-order chi connectivity index (χ1) is 6.74. The van der Waals surface area contributed by atoms with Crippen molar-refractivity contribution in [1.82, 2.24) is 0 Å². The van der Waals surface area contributed by atoms with Crippen molar-refractivity contribution in [3.63, 3.8) is 0 Å². The molecular weight excluding hydrogens is 200 g/mol. The highest BCUT2D eigenvalue weighted by Gasteiger charge is 2.35. The molecule has 0 unspecified atom stereocenters. The molecule has 1 fully saturated rings. The van der Waals surface area contributed by atoms with Gasteiger partial charge in [0.15, 0.2) is 9.76 Å². The van der Waals surface area contributed by atoms with Gasteiger partial charge in [-0.1, -0.05) is 6.92 Å². The van der Waals surface area contributed by atoms with Crippen LogP contribution in [-0.4, -0.2) is 44.3 Å². The van der Waals surface area contributed by atoms with Crippen molar-refractivity contribution in [3.8, 4) is 0 Å². The van der Waals surface area contributed by atoms with E-state index < -0.39 is 0 Å². The van der Waals surface area contributed by atoms with Gasteiger partial charge >= 0.3 is 0 Å². The molecule has 0 aromatic carbocycles. The first-order valence-electron chi connectivity index (χ1n) is 4.88. The predicted octanol–water partition coefficient (Wildman–Crippen LogP) is 0.756. The molecule has 0 radical (unpaired) electrons. The SMILES string of the molecule is CCC1(C[SiH2]OC)COC1.COOC. The van der Waals surface area contributed by atoms with E-state index in [0.717, 1.165) is 13.2 Å². The van der Waals surface area contributed by atoms with E-state index in [9.17, 15) is 0 Å². The number of rotatable bonds is 5. The Morgan fingerprint density at radius 1 is 1.21 bits per heavy atom. The summed E-state index contributed by atoms with van der Waals surface area (Å²) < 4.78 is 10.4. The highest BCUT2D eigenvalue weighted by atomic mass is 28.2. The van der Waals surface area contributed by atoms with E-state index in [1.54, 1.807) is 0 Å². The van der Waals surface area contributed by atoms with E-state index in [4.69, 9.17) is 9.16 Å². The number of hydrogen-bond donors (Lipinski definition) is 0. The monoisotopic (exact) mass is 222 g/mol. The zero-order chi connectivity index (χ0) is 10.9. The van der Waals surface area contributed by atoms with E-state index in [1.807, 2.05) is 7.11 Å². The van der Waals surface area contributed by atoms with E-state index in [-0.39, 0.29) is 9.76 Å². The lowest BCUT2D eigenvalue weighted by molar-refractivity contribution is -0.248. The van der Waals surface area contributed by atoms with Crippen molar-refractivity contribution < 1.29 is 18.9 Å². The van der Waals surface area contributed by atoms with Gasteiger partial charge in [-0.3, -0.25) is 0 Å². The fourth-order valence-corrected chi connectivity index (χ4v) is 2.51. The Kier molecular flexibility index (Phi) is 8.41. The molecular formula is C9H22O4Si. The van der Waals surface area contributed by atoms with Crippen LogP contribution in [0.5, 0.6) is 0 Å². The number of ether oxygens (including phenoxy) is 1. The van der Waals surface area contributed by atoms with Gasteiger partial charge in [-0.05, 0) is 12.5 Å². The van der Waals surface area contributed by atoms with Gasteiger partial charge in [0, 0.05) is 12.5 Å². The predicted molar refractivity (Wildman–Crippen MR) is 57.9 cm³/mol. The van der Waals surface area contributed by atoms with E-state index in [2.05, 4.69) is 16.7 Å². The summed E-state index contributed by atoms with van der Waals surface area (Å²) in [6.07, 6.45) is 1.25. The summed E-state index contributed by atoms with van der Waals surface area (Å²) in [4.78, 5) is 8.08. The third-order valence-corrected chi connectivity index (χ3v) is 4.24. The van der Waals surface area contributed by atoms with Crippen LogP contribution in [0.25, 0.3) is 0 Å². The Hall–Kier alpha value is 0.0569. The first-order valence-corrected chi connectivity index (χ1v) is 6.46. The van der Waals surface area contributed by atoms with Crippen molar-refractivity contribution in [2.45, 2.75) is 19.4 Å². The summed E-state index contributed by atoms with van der Waals surface area (Å²) in [5.74, 6) is 0. The van der Waals surface area contributed by atoms with Crippen molar-refractivity contribution >= 4 is 9.76 Å². The normalized spacial score (nSPS) is 18.9. The molecule has 0 aromatic heterocycles. The molecule has 1 aliphatic heterocycles. The third kappa shape index (κ3) is 5.07. The topological polar surface area (TPSA) is 36.9 Å². The van der Waals surface area contributed by atoms with Gasteiger partial charge in [0.25, 0.3) is 0 Å². The van der Waals surface area contributed by atoms with Gasteiger partial charge < -0.3 is 9.16 Å². The Morgan fingerprint density at radius 2 is 1.79 bits per heavy atom. The van der Waals surface area contributed by atoms with Gasteiger partial charge in [-0.15, -0.1) is 0 Å². The maximum Gasteiger partial charge on any atom is 0.161 e. The van der Waals surface area contributed by atoms with Crippen LogP contribution in [0.4, 0.5) is 0 Å². The molecule has 0 spiro atoms. The summed E-state index contributed by atoms with van der Waals surface area (Å²) in [7, 11) is 4.50. The fourth-order valence-electron chi connectivity index (χ4n) is 1.23. The molecule has 1 saturated heterocycles. The highest BCUT2D eigenvalue weighted by molar-refractivity contribution is 6.27. The van der Waals surface area contributed by atoms with Crippen LogP contribution >= 0.6 is 0 Å². The molecule has 14 heavy (non-hydrogen) atoms. The van der Waals surface area contributed by atoms with Crippen molar-refractivity contribution in [2.75, 3.05) is 34.5 Å². The third-order valence-electron chi connectivity index (χ3n) is 2.57. The molecule has 5 heteroatoms. The molecule has 0 aromatic rings. The maximum absolute atomic E-state index is 5.19. The Labute approximate surface area is 88.7 Å². The summed E-state index contributed by atoms with van der Waals surface area (Å²) in [5.41, 5.74) is 0.530. The van der Waals surface area contributed by atoms with Gasteiger partial charge in [-0.25, -0.2) is 9.78 Å². The molecule has 0 atom stereocenters. The van der Waals surface area contributed by atoms with Crippen LogP contribution in [-0.2, 0) is 18.9 Å². The van der Waals surface area contributed by atoms with Crippen molar-refractivity contribution in [3.05, 3.63) is 0 Å². The largest absolute Gasteiger partial charge is 0.427 e. The van der Waals surface area contributed by atoms with Gasteiger partial charge in [0.05, 0.1) is 27.4 Å². The van der Waals surface area contributed by atoms with Crippen LogP contribution in [0.3, 0.4) is 0 Å². The minimum absolute atomic E-state index is 0.233. The Morgan fingerprint density at radius 3 is 2.00 bits per heavy atom. The van der Waals surface area contributed by atoms with Crippen LogP contribution in [0.2, 0.25) is 6.04 Å². The van der Waals surface area contributed by atoms with Gasteiger partial charge in [0.2, 0.25) is 0 Å². The standard InChI is InChI=1S/C7H16O2Si.C2H6O2/c1-3-7(4-9-5-7)6-10-8-2;1-3-4-2/h3-6,10H2,1-2H3;1-2H3. The summed E-state index contributed by atoms with van der Waals surface area (Å²) in [6, 6.07) is 1.29. The highest BCUT2D eigenvalue weighted by Crippen LogP contribution is 2.34. The van der Waals surface area contributed by atoms with E-state index in [1.165, 1.54) is 26.7 Å². The number of hydrogen-bond acceptors (Lipinski definition) is 4. The van der Waals surface area contributed by atoms with E-state index >= 15 is 0 Å². The summed E-state index contributed by atoms with van der Waals surface area (Å²) >= 11 is 0. The minimum atomic E-state index is -0.233. The lowest BCUT2D eigenvalue weighted by Crippen LogP contribution is -2.42. The second kappa shape index (κ2) is 8.37. The Bertz CT molecular complexity index is 120. The molecule has 86 valence electrons. The lowest BCUT2D eigenvalue weighted by atomic mass is 9.85. The maximum atomic E-state index is 5.19. The molecule has 0 aliphatic carbocycles. The lowest BCUT2D eigenvalue weighted by Gasteiger charge is -2.40. The zero-order valence-corrected chi connectivity index (χ0v) is 11.1. The molecule has 1 rings (SSSR count). The first kappa shape index (κ1) is 14.1. The van der Waals surface area contributed by atoms with Gasteiger partial charge in [0.1, 0.15) is 0 Å². The van der Waals surface area contributed by atoms with Crippen LogP contribution in [0.15, 0.2) is 0 Å². The smallest absolute Gasteiger partial charge is 0.161 e. The summed E-state index contributed by atoms with van der Waals surface area (Å²) in [6.45, 7) is 4.19. The fraction of sp³-hybridized carbons (Fsp3) is 1.00. The minimum Gasteiger partial charge on any atom is -0.427 e. The molecule has 1 aliphatic rings.